The van der Waals surface area contributed by atoms with E-state index >= 15 is 0 Å². The van der Waals surface area contributed by atoms with Crippen LogP contribution in [0.25, 0.3) is 0 Å². The minimum Gasteiger partial charge on any atom is -0.374 e. The second-order valence-electron chi connectivity index (χ2n) is 5.70. The molecule has 2 heteroatoms. The van der Waals surface area contributed by atoms with Gasteiger partial charge in [0, 0.05) is 12.3 Å². The van der Waals surface area contributed by atoms with E-state index in [0.29, 0.717) is 11.9 Å². The van der Waals surface area contributed by atoms with Gasteiger partial charge in [-0.3, -0.25) is 4.79 Å². The first kappa shape index (κ1) is 13.1. The summed E-state index contributed by atoms with van der Waals surface area (Å²) in [5.74, 6) is 0.733. The summed E-state index contributed by atoms with van der Waals surface area (Å²) >= 11 is 0. The predicted molar refractivity (Wildman–Crippen MR) is 69.0 cm³/mol. The van der Waals surface area contributed by atoms with Gasteiger partial charge in [0.2, 0.25) is 0 Å². The maximum absolute atomic E-state index is 12.0. The van der Waals surface area contributed by atoms with E-state index in [2.05, 4.69) is 6.92 Å². The van der Waals surface area contributed by atoms with Crippen LogP contribution in [0.3, 0.4) is 0 Å². The van der Waals surface area contributed by atoms with Crippen LogP contribution < -0.4 is 0 Å². The Morgan fingerprint density at radius 3 is 2.53 bits per heavy atom. The van der Waals surface area contributed by atoms with Gasteiger partial charge in [-0.25, -0.2) is 0 Å². The summed E-state index contributed by atoms with van der Waals surface area (Å²) in [5.41, 5.74) is 0. The lowest BCUT2D eigenvalue weighted by Gasteiger charge is -2.16. The molecule has 2 aliphatic rings. The lowest BCUT2D eigenvalue weighted by atomic mass is 9.84. The third kappa shape index (κ3) is 3.54. The van der Waals surface area contributed by atoms with Gasteiger partial charge < -0.3 is 4.74 Å². The molecule has 0 aliphatic carbocycles. The number of ether oxygens (including phenoxy) is 1. The number of carbonyl (C=O) groups is 1. The number of carbonyl (C=O) groups excluding carboxylic acids is 1. The molecule has 0 N–H and O–H groups in total. The molecule has 2 aliphatic heterocycles. The zero-order valence-electron chi connectivity index (χ0n) is 11.1. The Morgan fingerprint density at radius 2 is 1.88 bits per heavy atom. The third-order valence-electron chi connectivity index (χ3n) is 4.30. The van der Waals surface area contributed by atoms with Crippen molar-refractivity contribution in [3.8, 4) is 0 Å². The van der Waals surface area contributed by atoms with E-state index in [-0.39, 0.29) is 12.0 Å². The fraction of sp³-hybridized carbons (Fsp3) is 0.933. The number of fused-ring (bicyclic) bond motifs is 2. The Hall–Kier alpha value is -0.370. The first-order valence-electron chi connectivity index (χ1n) is 7.49. The molecule has 2 rings (SSSR count). The van der Waals surface area contributed by atoms with Gasteiger partial charge >= 0.3 is 0 Å². The van der Waals surface area contributed by atoms with Gasteiger partial charge in [0.05, 0.1) is 12.2 Å². The van der Waals surface area contributed by atoms with Crippen molar-refractivity contribution in [2.75, 3.05) is 0 Å². The van der Waals surface area contributed by atoms with Crippen LogP contribution in [0.4, 0.5) is 0 Å². The van der Waals surface area contributed by atoms with Crippen molar-refractivity contribution < 1.29 is 9.53 Å². The molecule has 0 aromatic carbocycles. The summed E-state index contributed by atoms with van der Waals surface area (Å²) in [4.78, 5) is 12.0. The Kier molecular flexibility index (Phi) is 5.02. The van der Waals surface area contributed by atoms with Crippen LogP contribution >= 0.6 is 0 Å². The molecule has 0 amide bonds. The fourth-order valence-corrected chi connectivity index (χ4v) is 3.24. The Balaban J connectivity index is 1.55. The molecule has 2 bridgehead atoms. The summed E-state index contributed by atoms with van der Waals surface area (Å²) in [6.45, 7) is 2.23. The average molecular weight is 238 g/mol. The Morgan fingerprint density at radius 1 is 1.12 bits per heavy atom. The van der Waals surface area contributed by atoms with E-state index < -0.39 is 0 Å². The number of hydrogen-bond acceptors (Lipinski definition) is 2. The molecule has 2 heterocycles. The molecule has 0 saturated carbocycles. The molecule has 98 valence electrons. The zero-order valence-corrected chi connectivity index (χ0v) is 11.1. The van der Waals surface area contributed by atoms with E-state index in [4.69, 9.17) is 4.74 Å². The van der Waals surface area contributed by atoms with Crippen molar-refractivity contribution in [3.05, 3.63) is 0 Å². The van der Waals surface area contributed by atoms with Crippen LogP contribution in [0.1, 0.15) is 71.1 Å². The lowest BCUT2D eigenvalue weighted by Crippen LogP contribution is -2.25. The van der Waals surface area contributed by atoms with E-state index in [9.17, 15) is 4.79 Å². The second kappa shape index (κ2) is 6.53. The molecule has 3 atom stereocenters. The largest absolute Gasteiger partial charge is 0.374 e. The first-order valence-corrected chi connectivity index (χ1v) is 7.49. The molecule has 2 nitrogen and oxygen atoms in total. The summed E-state index contributed by atoms with van der Waals surface area (Å²) in [6.07, 6.45) is 12.4. The summed E-state index contributed by atoms with van der Waals surface area (Å²) in [6, 6.07) is 0. The van der Waals surface area contributed by atoms with Gasteiger partial charge in [0.25, 0.3) is 0 Å². The van der Waals surface area contributed by atoms with Crippen LogP contribution in [0, 0.1) is 5.92 Å². The van der Waals surface area contributed by atoms with Gasteiger partial charge in [-0.1, -0.05) is 39.0 Å². The van der Waals surface area contributed by atoms with Crippen molar-refractivity contribution >= 4 is 5.78 Å². The predicted octanol–water partition coefficient (Wildman–Crippen LogP) is 3.87. The number of Topliss-reactive ketones (excluding diaryl/α,β-unsaturated/α-hetero) is 1. The molecule has 0 aromatic heterocycles. The summed E-state index contributed by atoms with van der Waals surface area (Å²) < 4.78 is 5.74. The quantitative estimate of drug-likeness (QED) is 0.600. The molecule has 2 saturated heterocycles. The van der Waals surface area contributed by atoms with E-state index in [1.807, 2.05) is 0 Å². The highest BCUT2D eigenvalue weighted by atomic mass is 16.5. The van der Waals surface area contributed by atoms with Crippen molar-refractivity contribution in [1.29, 1.82) is 0 Å². The van der Waals surface area contributed by atoms with E-state index in [1.165, 1.54) is 38.5 Å². The second-order valence-corrected chi connectivity index (χ2v) is 5.70. The van der Waals surface area contributed by atoms with E-state index in [0.717, 1.165) is 25.7 Å². The van der Waals surface area contributed by atoms with Crippen LogP contribution in [-0.2, 0) is 9.53 Å². The minimum atomic E-state index is 0.254. The third-order valence-corrected chi connectivity index (χ3v) is 4.30. The average Bonchev–Trinajstić information content (AvgIpc) is 2.95. The molecule has 0 aromatic rings. The maximum Gasteiger partial charge on any atom is 0.138 e. The van der Waals surface area contributed by atoms with Gasteiger partial charge in [0.15, 0.2) is 0 Å². The van der Waals surface area contributed by atoms with Gasteiger partial charge in [-0.2, -0.15) is 0 Å². The lowest BCUT2D eigenvalue weighted by molar-refractivity contribution is -0.124. The maximum atomic E-state index is 12.0. The molecule has 17 heavy (non-hydrogen) atoms. The summed E-state index contributed by atoms with van der Waals surface area (Å²) in [5, 5.41) is 0. The normalized spacial score (nSPS) is 31.0. The minimum absolute atomic E-state index is 0.254. The molecule has 0 spiro atoms. The Bertz CT molecular complexity index is 249. The number of hydrogen-bond donors (Lipinski definition) is 0. The van der Waals surface area contributed by atoms with Gasteiger partial charge in [-0.15, -0.1) is 0 Å². The SMILES string of the molecule is CCCCCCCCC(=O)C1CC2CCC1O2. The molecule has 2 fully saturated rings. The number of ketones is 1. The zero-order chi connectivity index (χ0) is 12.1. The van der Waals surface area contributed by atoms with Crippen molar-refractivity contribution in [2.24, 2.45) is 5.92 Å². The fourth-order valence-electron chi connectivity index (χ4n) is 3.24. The van der Waals surface area contributed by atoms with Crippen LogP contribution in [0.5, 0.6) is 0 Å². The smallest absolute Gasteiger partial charge is 0.138 e. The monoisotopic (exact) mass is 238 g/mol. The molecular formula is C15H26O2. The van der Waals surface area contributed by atoms with Crippen LogP contribution in [-0.4, -0.2) is 18.0 Å². The van der Waals surface area contributed by atoms with Crippen LogP contribution in [0.15, 0.2) is 0 Å². The highest BCUT2D eigenvalue weighted by molar-refractivity contribution is 5.82. The van der Waals surface area contributed by atoms with Gasteiger partial charge in [-0.05, 0) is 25.7 Å². The first-order chi connectivity index (χ1) is 8.31. The van der Waals surface area contributed by atoms with Crippen molar-refractivity contribution in [3.63, 3.8) is 0 Å². The van der Waals surface area contributed by atoms with Crippen LogP contribution in [0.2, 0.25) is 0 Å². The molecule has 0 radical (unpaired) electrons. The number of unbranched alkanes of at least 4 members (excludes halogenated alkanes) is 5. The summed E-state index contributed by atoms with van der Waals surface area (Å²) in [7, 11) is 0. The number of rotatable bonds is 8. The highest BCUT2D eigenvalue weighted by Gasteiger charge is 2.43. The molecule has 3 unspecified atom stereocenters. The van der Waals surface area contributed by atoms with Crippen molar-refractivity contribution in [2.45, 2.75) is 83.3 Å². The van der Waals surface area contributed by atoms with Gasteiger partial charge in [0.1, 0.15) is 5.78 Å². The Labute approximate surface area is 105 Å². The topological polar surface area (TPSA) is 26.3 Å². The van der Waals surface area contributed by atoms with Crippen molar-refractivity contribution in [1.82, 2.24) is 0 Å². The molecular weight excluding hydrogens is 212 g/mol. The highest BCUT2D eigenvalue weighted by Crippen LogP contribution is 2.39. The van der Waals surface area contributed by atoms with E-state index in [1.54, 1.807) is 0 Å². The standard InChI is InChI=1S/C15H26O2/c1-2-3-4-5-6-7-8-14(16)13-11-12-9-10-15(13)17-12/h12-13,15H,2-11H2,1H3.